The molecule has 1 aromatic carbocycles. The first-order valence-electron chi connectivity index (χ1n) is 7.17. The Hall–Kier alpha value is -2.30. The van der Waals surface area contributed by atoms with Crippen LogP contribution in [0.3, 0.4) is 0 Å². The van der Waals surface area contributed by atoms with Crippen molar-refractivity contribution in [1.29, 1.82) is 0 Å². The topological polar surface area (TPSA) is 59.0 Å². The molecule has 0 spiro atoms. The van der Waals surface area contributed by atoms with Gasteiger partial charge >= 0.3 is 0 Å². The molecular weight excluding hydrogens is 264 g/mol. The lowest BCUT2D eigenvalue weighted by Crippen LogP contribution is -2.18. The number of nitrogens with zero attached hydrogens (tertiary/aromatic N) is 2. The van der Waals surface area contributed by atoms with E-state index in [2.05, 4.69) is 29.6 Å². The molecule has 0 aliphatic carbocycles. The zero-order valence-corrected chi connectivity index (χ0v) is 12.8. The van der Waals surface area contributed by atoms with Crippen molar-refractivity contribution in [2.45, 2.75) is 39.8 Å². The Morgan fingerprint density at radius 3 is 2.90 bits per heavy atom. The van der Waals surface area contributed by atoms with E-state index < -0.39 is 0 Å². The molecule has 2 aromatic rings. The minimum atomic E-state index is -0.0588. The number of benzene rings is 1. The maximum Gasteiger partial charge on any atom is 0.221 e. The number of hydrogen-bond acceptors (Lipinski definition) is 3. The molecular formula is C16H22N4O. The average Bonchev–Trinajstić information content (AvgIpc) is 2.93. The summed E-state index contributed by atoms with van der Waals surface area (Å²) in [5.41, 5.74) is 3.03. The lowest BCUT2D eigenvalue weighted by atomic mass is 10.1. The molecule has 0 saturated heterocycles. The van der Waals surface area contributed by atoms with E-state index in [9.17, 15) is 4.79 Å². The lowest BCUT2D eigenvalue weighted by Gasteiger charge is -2.18. The number of amides is 1. The second-order valence-electron chi connectivity index (χ2n) is 5.31. The Kier molecular flexibility index (Phi) is 4.98. The summed E-state index contributed by atoms with van der Waals surface area (Å²) in [7, 11) is 0. The van der Waals surface area contributed by atoms with Gasteiger partial charge in [-0.3, -0.25) is 9.48 Å². The van der Waals surface area contributed by atoms with Gasteiger partial charge in [-0.1, -0.05) is 6.07 Å². The third-order valence-electron chi connectivity index (χ3n) is 3.31. The fourth-order valence-corrected chi connectivity index (χ4v) is 2.15. The normalized spacial score (nSPS) is 12.0. The number of aromatic nitrogens is 2. The molecule has 0 radical (unpaired) electrons. The van der Waals surface area contributed by atoms with Crippen molar-refractivity contribution in [3.8, 4) is 0 Å². The summed E-state index contributed by atoms with van der Waals surface area (Å²) in [5, 5.41) is 10.5. The van der Waals surface area contributed by atoms with Crippen molar-refractivity contribution >= 4 is 17.3 Å². The smallest absolute Gasteiger partial charge is 0.221 e. The van der Waals surface area contributed by atoms with Crippen molar-refractivity contribution in [2.75, 3.05) is 10.6 Å². The molecule has 1 heterocycles. The van der Waals surface area contributed by atoms with Gasteiger partial charge in [-0.05, 0) is 44.0 Å². The van der Waals surface area contributed by atoms with E-state index in [0.717, 1.165) is 29.9 Å². The van der Waals surface area contributed by atoms with Gasteiger partial charge in [-0.15, -0.1) is 0 Å². The van der Waals surface area contributed by atoms with Gasteiger partial charge in [0.05, 0.1) is 0 Å². The summed E-state index contributed by atoms with van der Waals surface area (Å²) in [6.07, 6.45) is 4.74. The lowest BCUT2D eigenvalue weighted by molar-refractivity contribution is -0.114. The summed E-state index contributed by atoms with van der Waals surface area (Å²) in [6, 6.07) is 8.14. The molecule has 0 unspecified atom stereocenters. The highest BCUT2D eigenvalue weighted by atomic mass is 16.1. The van der Waals surface area contributed by atoms with Crippen molar-refractivity contribution < 1.29 is 4.79 Å². The average molecular weight is 286 g/mol. The quantitative estimate of drug-likeness (QED) is 0.858. The van der Waals surface area contributed by atoms with Gasteiger partial charge in [0.2, 0.25) is 5.91 Å². The summed E-state index contributed by atoms with van der Waals surface area (Å²) in [5.74, 6) is -0.0588. The van der Waals surface area contributed by atoms with Gasteiger partial charge in [-0.25, -0.2) is 0 Å². The molecule has 1 aromatic heterocycles. The van der Waals surface area contributed by atoms with Crippen molar-refractivity contribution in [3.05, 3.63) is 42.2 Å². The largest absolute Gasteiger partial charge is 0.382 e. The van der Waals surface area contributed by atoms with Gasteiger partial charge < -0.3 is 10.6 Å². The van der Waals surface area contributed by atoms with Crippen LogP contribution in [-0.2, 0) is 11.3 Å². The van der Waals surface area contributed by atoms with Crippen LogP contribution < -0.4 is 10.6 Å². The molecule has 0 fully saturated rings. The number of anilines is 2. The van der Waals surface area contributed by atoms with Crippen LogP contribution in [0.5, 0.6) is 0 Å². The number of rotatable bonds is 6. The molecule has 2 rings (SSSR count). The van der Waals surface area contributed by atoms with E-state index in [4.69, 9.17) is 0 Å². The molecule has 0 bridgehead atoms. The molecule has 0 aliphatic heterocycles. The molecule has 2 N–H and O–H groups in total. The molecule has 0 aliphatic rings. The van der Waals surface area contributed by atoms with Crippen molar-refractivity contribution in [1.82, 2.24) is 9.78 Å². The van der Waals surface area contributed by atoms with Crippen molar-refractivity contribution in [2.24, 2.45) is 0 Å². The fourth-order valence-electron chi connectivity index (χ4n) is 2.15. The second-order valence-corrected chi connectivity index (χ2v) is 5.31. The zero-order valence-electron chi connectivity index (χ0n) is 12.8. The fraction of sp³-hybridized carbons (Fsp3) is 0.375. The van der Waals surface area contributed by atoms with Gasteiger partial charge in [0.1, 0.15) is 0 Å². The van der Waals surface area contributed by atoms with Gasteiger partial charge in [0, 0.05) is 43.3 Å². The van der Waals surface area contributed by atoms with E-state index in [1.165, 1.54) is 6.92 Å². The van der Waals surface area contributed by atoms with Crippen LogP contribution in [-0.4, -0.2) is 21.7 Å². The number of carbonyl (C=O) groups is 1. The van der Waals surface area contributed by atoms with E-state index in [1.807, 2.05) is 35.1 Å². The van der Waals surface area contributed by atoms with Gasteiger partial charge in [0.25, 0.3) is 0 Å². The highest BCUT2D eigenvalue weighted by molar-refractivity contribution is 5.89. The predicted molar refractivity (Wildman–Crippen MR) is 85.4 cm³/mol. The van der Waals surface area contributed by atoms with Crippen LogP contribution in [0.15, 0.2) is 36.7 Å². The molecule has 21 heavy (non-hydrogen) atoms. The standard InChI is InChI=1S/C16H22N4O/c1-12-5-6-15(19-14(3)21)11-16(12)18-13(2)7-10-20-9-4-8-17-20/h4-6,8-9,11,13,18H,7,10H2,1-3H3,(H,19,21)/t13-/m1/s1. The highest BCUT2D eigenvalue weighted by Gasteiger charge is 2.06. The molecule has 1 atom stereocenters. The number of carbonyl (C=O) groups excluding carboxylic acids is 1. The molecule has 5 nitrogen and oxygen atoms in total. The minimum absolute atomic E-state index is 0.0588. The second kappa shape index (κ2) is 6.92. The molecule has 0 saturated carbocycles. The van der Waals surface area contributed by atoms with Crippen molar-refractivity contribution in [3.63, 3.8) is 0 Å². The third-order valence-corrected chi connectivity index (χ3v) is 3.31. The van der Waals surface area contributed by atoms with Gasteiger partial charge in [-0.2, -0.15) is 5.10 Å². The van der Waals surface area contributed by atoms with Crippen LogP contribution in [0.4, 0.5) is 11.4 Å². The SMILES string of the molecule is CC(=O)Nc1ccc(C)c(N[C@H](C)CCn2cccn2)c1. The molecule has 112 valence electrons. The molecule has 5 heteroatoms. The van der Waals surface area contributed by atoms with E-state index in [1.54, 1.807) is 6.20 Å². The Bertz CT molecular complexity index is 592. The third kappa shape index (κ3) is 4.63. The predicted octanol–water partition coefficient (Wildman–Crippen LogP) is 3.04. The van der Waals surface area contributed by atoms with Crippen LogP contribution in [0.2, 0.25) is 0 Å². The summed E-state index contributed by atoms with van der Waals surface area (Å²) in [4.78, 5) is 11.1. The maximum absolute atomic E-state index is 11.1. The van der Waals surface area contributed by atoms with E-state index >= 15 is 0 Å². The number of aryl methyl sites for hydroxylation is 2. The van der Waals surface area contributed by atoms with Crippen LogP contribution in [0.25, 0.3) is 0 Å². The summed E-state index contributed by atoms with van der Waals surface area (Å²) in [6.45, 7) is 6.60. The number of hydrogen-bond donors (Lipinski definition) is 2. The van der Waals surface area contributed by atoms with Crippen LogP contribution in [0.1, 0.15) is 25.8 Å². The van der Waals surface area contributed by atoms with E-state index in [0.29, 0.717) is 6.04 Å². The number of nitrogens with one attached hydrogen (secondary N) is 2. The van der Waals surface area contributed by atoms with Gasteiger partial charge in [0.15, 0.2) is 0 Å². The molecule has 1 amide bonds. The first-order valence-corrected chi connectivity index (χ1v) is 7.17. The van der Waals surface area contributed by atoms with E-state index in [-0.39, 0.29) is 5.91 Å². The van der Waals surface area contributed by atoms with Crippen LogP contribution >= 0.6 is 0 Å². The Balaban J connectivity index is 1.95. The summed E-state index contributed by atoms with van der Waals surface area (Å²) < 4.78 is 1.93. The summed E-state index contributed by atoms with van der Waals surface area (Å²) >= 11 is 0. The zero-order chi connectivity index (χ0) is 15.2. The Labute approximate surface area is 125 Å². The monoisotopic (exact) mass is 286 g/mol. The maximum atomic E-state index is 11.1. The first kappa shape index (κ1) is 15.1. The minimum Gasteiger partial charge on any atom is -0.382 e. The van der Waals surface area contributed by atoms with Crippen LogP contribution in [0, 0.1) is 6.92 Å². The Morgan fingerprint density at radius 1 is 1.43 bits per heavy atom. The first-order chi connectivity index (χ1) is 10.0. The highest BCUT2D eigenvalue weighted by Crippen LogP contribution is 2.21. The Morgan fingerprint density at radius 2 is 2.24 bits per heavy atom.